The maximum Gasteiger partial charge on any atom is 0.256 e. The van der Waals surface area contributed by atoms with E-state index < -0.39 is 6.04 Å². The van der Waals surface area contributed by atoms with Crippen LogP contribution in [0.2, 0.25) is 0 Å². The normalized spacial score (nSPS) is 23.3. The third-order valence-electron chi connectivity index (χ3n) is 4.85. The number of fused-ring (bicyclic) bond motifs is 3. The molecule has 0 bridgehead atoms. The molecule has 5 heteroatoms. The molecule has 1 N–H and O–H groups in total. The van der Waals surface area contributed by atoms with Gasteiger partial charge in [-0.15, -0.1) is 11.8 Å². The summed E-state index contributed by atoms with van der Waals surface area (Å²) < 4.78 is -0.339. The van der Waals surface area contributed by atoms with Gasteiger partial charge in [0, 0.05) is 16.9 Å². The van der Waals surface area contributed by atoms with E-state index in [2.05, 4.69) is 5.32 Å². The topological polar surface area (TPSA) is 49.4 Å². The lowest BCUT2D eigenvalue weighted by molar-refractivity contribution is -0.126. The molecule has 4 nitrogen and oxygen atoms in total. The van der Waals surface area contributed by atoms with Gasteiger partial charge in [0.25, 0.3) is 5.91 Å². The van der Waals surface area contributed by atoms with Crippen molar-refractivity contribution in [3.05, 3.63) is 71.3 Å². The summed E-state index contributed by atoms with van der Waals surface area (Å²) in [5.74, 6) is -0.136. The van der Waals surface area contributed by atoms with Gasteiger partial charge in [-0.3, -0.25) is 9.59 Å². The quantitative estimate of drug-likeness (QED) is 0.922. The van der Waals surface area contributed by atoms with E-state index in [0.717, 1.165) is 16.7 Å². The Balaban J connectivity index is 1.59. The van der Waals surface area contributed by atoms with Gasteiger partial charge in [-0.25, -0.2) is 0 Å². The zero-order chi connectivity index (χ0) is 17.6. The van der Waals surface area contributed by atoms with Crippen LogP contribution in [0.3, 0.4) is 0 Å². The summed E-state index contributed by atoms with van der Waals surface area (Å²) >= 11 is 1.69. The zero-order valence-corrected chi connectivity index (χ0v) is 15.0. The standard InChI is InChI=1S/C20H20N2O2S/c1-20(2)16(17(23)21-12-13-8-4-3-5-9-13)22-18(24)14-10-6-7-11-15(14)19(22)25-20/h3-11,16,19H,12H2,1-2H3,(H,21,23)/t16-,19?/m1/s1. The molecule has 0 spiro atoms. The first-order chi connectivity index (χ1) is 12.0. The van der Waals surface area contributed by atoms with E-state index >= 15 is 0 Å². The highest BCUT2D eigenvalue weighted by Gasteiger charge is 2.57. The molecular formula is C20H20N2O2S. The Bertz CT molecular complexity index is 835. The maximum atomic E-state index is 13.0. The summed E-state index contributed by atoms with van der Waals surface area (Å²) in [5.41, 5.74) is 2.78. The molecule has 0 aromatic heterocycles. The summed E-state index contributed by atoms with van der Waals surface area (Å²) in [5, 5.41) is 2.93. The molecule has 1 unspecified atom stereocenters. The van der Waals surface area contributed by atoms with Crippen LogP contribution in [0.1, 0.15) is 40.7 Å². The fourth-order valence-corrected chi connectivity index (χ4v) is 5.27. The molecule has 2 aliphatic heterocycles. The van der Waals surface area contributed by atoms with Crippen LogP contribution >= 0.6 is 11.8 Å². The monoisotopic (exact) mass is 352 g/mol. The van der Waals surface area contributed by atoms with Gasteiger partial charge in [-0.05, 0) is 31.0 Å². The first kappa shape index (κ1) is 16.2. The minimum Gasteiger partial charge on any atom is -0.350 e. The summed E-state index contributed by atoms with van der Waals surface area (Å²) in [6.07, 6.45) is 0. The van der Waals surface area contributed by atoms with E-state index in [4.69, 9.17) is 0 Å². The van der Waals surface area contributed by atoms with Crippen molar-refractivity contribution in [2.45, 2.75) is 36.6 Å². The van der Waals surface area contributed by atoms with Crippen molar-refractivity contribution in [3.63, 3.8) is 0 Å². The molecule has 0 radical (unpaired) electrons. The average molecular weight is 352 g/mol. The second-order valence-electron chi connectivity index (χ2n) is 6.98. The Labute approximate surface area is 151 Å². The van der Waals surface area contributed by atoms with Crippen LogP contribution in [0.25, 0.3) is 0 Å². The summed E-state index contributed by atoms with van der Waals surface area (Å²) in [6.45, 7) is 4.55. The maximum absolute atomic E-state index is 13.0. The number of amides is 2. The number of hydrogen-bond acceptors (Lipinski definition) is 3. The van der Waals surface area contributed by atoms with Crippen molar-refractivity contribution < 1.29 is 9.59 Å². The van der Waals surface area contributed by atoms with Crippen molar-refractivity contribution in [2.24, 2.45) is 0 Å². The van der Waals surface area contributed by atoms with E-state index in [9.17, 15) is 9.59 Å². The van der Waals surface area contributed by atoms with E-state index in [1.807, 2.05) is 68.4 Å². The van der Waals surface area contributed by atoms with Gasteiger partial charge in [0.1, 0.15) is 11.4 Å². The summed E-state index contributed by atoms with van der Waals surface area (Å²) in [6, 6.07) is 17.0. The number of rotatable bonds is 3. The Kier molecular flexibility index (Phi) is 3.84. The van der Waals surface area contributed by atoms with Crippen molar-refractivity contribution in [1.82, 2.24) is 10.2 Å². The van der Waals surface area contributed by atoms with E-state index in [0.29, 0.717) is 6.54 Å². The molecule has 2 atom stereocenters. The van der Waals surface area contributed by atoms with Crippen LogP contribution in [0.15, 0.2) is 54.6 Å². The predicted molar refractivity (Wildman–Crippen MR) is 99.1 cm³/mol. The van der Waals surface area contributed by atoms with Gasteiger partial charge >= 0.3 is 0 Å². The van der Waals surface area contributed by atoms with Crippen molar-refractivity contribution >= 4 is 23.6 Å². The fraction of sp³-hybridized carbons (Fsp3) is 0.300. The Morgan fingerprint density at radius 3 is 2.56 bits per heavy atom. The second kappa shape index (κ2) is 5.92. The van der Waals surface area contributed by atoms with Gasteiger partial charge in [0.05, 0.1) is 0 Å². The first-order valence-electron chi connectivity index (χ1n) is 8.40. The summed E-state index contributed by atoms with van der Waals surface area (Å²) in [7, 11) is 0. The number of thioether (sulfide) groups is 1. The van der Waals surface area contributed by atoms with E-state index in [-0.39, 0.29) is 21.9 Å². The van der Waals surface area contributed by atoms with E-state index in [1.165, 1.54) is 0 Å². The molecule has 2 aliphatic rings. The minimum absolute atomic E-state index is 0.0430. The van der Waals surface area contributed by atoms with Crippen LogP contribution in [-0.2, 0) is 11.3 Å². The van der Waals surface area contributed by atoms with Gasteiger partial charge in [0.2, 0.25) is 5.91 Å². The number of hydrogen-bond donors (Lipinski definition) is 1. The number of benzene rings is 2. The molecule has 1 fully saturated rings. The molecule has 2 aromatic rings. The average Bonchev–Trinajstić information content (AvgIpc) is 3.04. The van der Waals surface area contributed by atoms with Gasteiger partial charge in [-0.1, -0.05) is 48.5 Å². The van der Waals surface area contributed by atoms with E-state index in [1.54, 1.807) is 16.7 Å². The third-order valence-corrected chi connectivity index (χ3v) is 6.39. The molecule has 4 rings (SSSR count). The highest BCUT2D eigenvalue weighted by atomic mass is 32.2. The number of nitrogens with zero attached hydrogens (tertiary/aromatic N) is 1. The molecule has 2 amide bonds. The Morgan fingerprint density at radius 2 is 1.80 bits per heavy atom. The third kappa shape index (κ3) is 2.63. The lowest BCUT2D eigenvalue weighted by Crippen LogP contribution is -2.52. The van der Waals surface area contributed by atoms with Gasteiger partial charge in [-0.2, -0.15) is 0 Å². The number of nitrogens with one attached hydrogen (secondary N) is 1. The Morgan fingerprint density at radius 1 is 1.12 bits per heavy atom. The lowest BCUT2D eigenvalue weighted by atomic mass is 10.0. The lowest BCUT2D eigenvalue weighted by Gasteiger charge is -2.29. The molecule has 0 saturated carbocycles. The number of carbonyl (C=O) groups excluding carboxylic acids is 2. The molecule has 2 heterocycles. The smallest absolute Gasteiger partial charge is 0.256 e. The van der Waals surface area contributed by atoms with Crippen LogP contribution in [0.4, 0.5) is 0 Å². The van der Waals surface area contributed by atoms with Gasteiger partial charge in [0.15, 0.2) is 0 Å². The van der Waals surface area contributed by atoms with Crippen LogP contribution in [0, 0.1) is 0 Å². The largest absolute Gasteiger partial charge is 0.350 e. The minimum atomic E-state index is -0.480. The predicted octanol–water partition coefficient (Wildman–Crippen LogP) is 3.35. The van der Waals surface area contributed by atoms with Crippen LogP contribution in [0.5, 0.6) is 0 Å². The second-order valence-corrected chi connectivity index (χ2v) is 8.71. The summed E-state index contributed by atoms with van der Waals surface area (Å²) in [4.78, 5) is 27.6. The van der Waals surface area contributed by atoms with Crippen molar-refractivity contribution in [2.75, 3.05) is 0 Å². The molecule has 128 valence electrons. The Hall–Kier alpha value is -2.27. The van der Waals surface area contributed by atoms with Crippen molar-refractivity contribution in [3.8, 4) is 0 Å². The van der Waals surface area contributed by atoms with Gasteiger partial charge < -0.3 is 10.2 Å². The highest BCUT2D eigenvalue weighted by Crippen LogP contribution is 2.56. The number of carbonyl (C=O) groups is 2. The highest BCUT2D eigenvalue weighted by molar-refractivity contribution is 8.01. The first-order valence-corrected chi connectivity index (χ1v) is 9.28. The molecule has 25 heavy (non-hydrogen) atoms. The SMILES string of the molecule is CC1(C)SC2c3ccccc3C(=O)N2[C@@H]1C(=O)NCc1ccccc1. The molecule has 0 aliphatic carbocycles. The molecule has 2 aromatic carbocycles. The van der Waals surface area contributed by atoms with Crippen LogP contribution < -0.4 is 5.32 Å². The van der Waals surface area contributed by atoms with Crippen LogP contribution in [-0.4, -0.2) is 27.5 Å². The zero-order valence-electron chi connectivity index (χ0n) is 14.2. The molecular weight excluding hydrogens is 332 g/mol. The van der Waals surface area contributed by atoms with Crippen molar-refractivity contribution in [1.29, 1.82) is 0 Å². The molecule has 1 saturated heterocycles. The fourth-order valence-electron chi connectivity index (χ4n) is 3.69.